The van der Waals surface area contributed by atoms with Crippen molar-refractivity contribution in [3.8, 4) is 0 Å². The van der Waals surface area contributed by atoms with Gasteiger partial charge in [-0.05, 0) is 50.8 Å². The van der Waals surface area contributed by atoms with Crippen molar-refractivity contribution in [1.29, 1.82) is 0 Å². The molecule has 5 rings (SSSR count). The second-order valence-corrected chi connectivity index (χ2v) is 10.7. The molecule has 3 heterocycles. The topological polar surface area (TPSA) is 93.9 Å². The van der Waals surface area contributed by atoms with Crippen molar-refractivity contribution in [2.24, 2.45) is 0 Å². The predicted molar refractivity (Wildman–Crippen MR) is 116 cm³/mol. The maximum absolute atomic E-state index is 13.3. The summed E-state index contributed by atoms with van der Waals surface area (Å²) in [7, 11) is -3.06. The number of rotatable bonds is 4. The molecule has 1 N–H and O–H groups in total. The number of carbonyl (C=O) groups is 1. The van der Waals surface area contributed by atoms with E-state index in [1.54, 1.807) is 4.68 Å². The van der Waals surface area contributed by atoms with E-state index in [9.17, 15) is 13.2 Å². The maximum atomic E-state index is 13.3. The average Bonchev–Trinajstić information content (AvgIpc) is 3.42. The van der Waals surface area contributed by atoms with Crippen molar-refractivity contribution >= 4 is 32.5 Å². The van der Waals surface area contributed by atoms with Gasteiger partial charge in [-0.1, -0.05) is 18.2 Å². The summed E-state index contributed by atoms with van der Waals surface area (Å²) in [5.74, 6) is 0.403. The molecule has 3 aromatic rings. The van der Waals surface area contributed by atoms with E-state index in [-0.39, 0.29) is 23.5 Å². The molecule has 0 radical (unpaired) electrons. The molecule has 1 saturated heterocycles. The minimum absolute atomic E-state index is 0.0727. The SMILES string of the molecule is Cc1ccccc1NC(=O)c1cc(C2CC2)nc2c1c(C)nn2[C@@H]1CCS(=O)(=O)C1. The molecule has 0 bridgehead atoms. The van der Waals surface area contributed by atoms with Crippen LogP contribution in [0.2, 0.25) is 0 Å². The number of fused-ring (bicyclic) bond motifs is 1. The van der Waals surface area contributed by atoms with Gasteiger partial charge in [0.1, 0.15) is 0 Å². The first-order chi connectivity index (χ1) is 14.3. The molecule has 1 aliphatic carbocycles. The smallest absolute Gasteiger partial charge is 0.256 e. The first-order valence-corrected chi connectivity index (χ1v) is 12.1. The number of nitrogens with zero attached hydrogens (tertiary/aromatic N) is 3. The van der Waals surface area contributed by atoms with E-state index in [2.05, 4.69) is 10.4 Å². The van der Waals surface area contributed by atoms with E-state index < -0.39 is 9.84 Å². The Morgan fingerprint density at radius 1 is 1.17 bits per heavy atom. The lowest BCUT2D eigenvalue weighted by Gasteiger charge is -2.12. The van der Waals surface area contributed by atoms with Gasteiger partial charge in [0.2, 0.25) is 0 Å². The van der Waals surface area contributed by atoms with Gasteiger partial charge in [-0.15, -0.1) is 0 Å². The molecule has 1 aliphatic heterocycles. The van der Waals surface area contributed by atoms with Crippen LogP contribution >= 0.6 is 0 Å². The maximum Gasteiger partial charge on any atom is 0.256 e. The minimum atomic E-state index is -3.06. The van der Waals surface area contributed by atoms with Crippen molar-refractivity contribution in [3.63, 3.8) is 0 Å². The van der Waals surface area contributed by atoms with E-state index in [1.165, 1.54) is 0 Å². The molecule has 156 valence electrons. The van der Waals surface area contributed by atoms with E-state index >= 15 is 0 Å². The molecule has 1 aromatic carbocycles. The third-order valence-electron chi connectivity index (χ3n) is 6.04. The van der Waals surface area contributed by atoms with Crippen molar-refractivity contribution < 1.29 is 13.2 Å². The molecule has 8 heteroatoms. The number of hydrogen-bond acceptors (Lipinski definition) is 5. The molecule has 2 aliphatic rings. The summed E-state index contributed by atoms with van der Waals surface area (Å²) in [6.07, 6.45) is 2.64. The Balaban J connectivity index is 1.63. The third kappa shape index (κ3) is 3.39. The number of para-hydroxylation sites is 1. The second-order valence-electron chi connectivity index (χ2n) is 8.42. The quantitative estimate of drug-likeness (QED) is 0.691. The summed E-state index contributed by atoms with van der Waals surface area (Å²) in [6.45, 7) is 3.81. The summed E-state index contributed by atoms with van der Waals surface area (Å²) >= 11 is 0. The average molecular weight is 425 g/mol. The normalized spacial score (nSPS) is 20.5. The Kier molecular flexibility index (Phi) is 4.43. The Labute approximate surface area is 175 Å². The Morgan fingerprint density at radius 2 is 1.93 bits per heavy atom. The Morgan fingerprint density at radius 3 is 2.60 bits per heavy atom. The van der Waals surface area contributed by atoms with Gasteiger partial charge < -0.3 is 5.32 Å². The highest BCUT2D eigenvalue weighted by molar-refractivity contribution is 7.91. The number of benzene rings is 1. The Bertz CT molecular complexity index is 1280. The number of anilines is 1. The number of hydrogen-bond donors (Lipinski definition) is 1. The molecular formula is C22H24N4O3S. The number of sulfone groups is 1. The summed E-state index contributed by atoms with van der Waals surface area (Å²) in [5.41, 5.74) is 4.51. The van der Waals surface area contributed by atoms with Gasteiger partial charge in [0.05, 0.1) is 34.2 Å². The second kappa shape index (κ2) is 6.91. The van der Waals surface area contributed by atoms with Crippen LogP contribution in [0, 0.1) is 13.8 Å². The van der Waals surface area contributed by atoms with Crippen LogP contribution < -0.4 is 5.32 Å². The first-order valence-electron chi connectivity index (χ1n) is 10.3. The fourth-order valence-corrected chi connectivity index (χ4v) is 5.92. The van der Waals surface area contributed by atoms with Crippen molar-refractivity contribution in [3.05, 3.63) is 52.8 Å². The van der Waals surface area contributed by atoms with E-state index in [0.29, 0.717) is 34.6 Å². The molecule has 0 spiro atoms. The standard InChI is InChI=1S/C22H24N4O3S/c1-13-5-3-4-6-18(13)24-22(27)17-11-19(15-7-8-15)23-21-20(17)14(2)25-26(21)16-9-10-30(28,29)12-16/h3-6,11,15-16H,7-10,12H2,1-2H3,(H,24,27)/t16-/m1/s1. The van der Waals surface area contributed by atoms with Crippen molar-refractivity contribution in [2.45, 2.75) is 45.1 Å². The minimum Gasteiger partial charge on any atom is -0.322 e. The van der Waals surface area contributed by atoms with Gasteiger partial charge in [-0.3, -0.25) is 4.79 Å². The van der Waals surface area contributed by atoms with Crippen LogP contribution in [0.4, 0.5) is 5.69 Å². The Hall–Kier alpha value is -2.74. The van der Waals surface area contributed by atoms with E-state index in [0.717, 1.165) is 29.8 Å². The number of aromatic nitrogens is 3. The van der Waals surface area contributed by atoms with Gasteiger partial charge in [-0.25, -0.2) is 18.1 Å². The van der Waals surface area contributed by atoms with Crippen LogP contribution in [0.5, 0.6) is 0 Å². The molecule has 1 atom stereocenters. The fourth-order valence-electron chi connectivity index (χ4n) is 4.23. The van der Waals surface area contributed by atoms with Crippen LogP contribution in [0.1, 0.15) is 58.5 Å². The zero-order valence-electron chi connectivity index (χ0n) is 17.1. The van der Waals surface area contributed by atoms with Crippen LogP contribution in [0.3, 0.4) is 0 Å². The molecular weight excluding hydrogens is 400 g/mol. The number of aryl methyl sites for hydroxylation is 2. The van der Waals surface area contributed by atoms with Gasteiger partial charge in [0.15, 0.2) is 15.5 Å². The lowest BCUT2D eigenvalue weighted by atomic mass is 10.1. The van der Waals surface area contributed by atoms with Crippen LogP contribution in [0.15, 0.2) is 30.3 Å². The van der Waals surface area contributed by atoms with Gasteiger partial charge in [0, 0.05) is 17.3 Å². The highest BCUT2D eigenvalue weighted by Gasteiger charge is 2.34. The highest BCUT2D eigenvalue weighted by Crippen LogP contribution is 2.41. The molecule has 1 amide bonds. The van der Waals surface area contributed by atoms with Gasteiger partial charge in [-0.2, -0.15) is 5.10 Å². The van der Waals surface area contributed by atoms with Gasteiger partial charge in [0.25, 0.3) is 5.91 Å². The molecule has 1 saturated carbocycles. The van der Waals surface area contributed by atoms with Gasteiger partial charge >= 0.3 is 0 Å². The molecule has 0 unspecified atom stereocenters. The summed E-state index contributed by atoms with van der Waals surface area (Å²) < 4.78 is 25.8. The zero-order chi connectivity index (χ0) is 21.0. The zero-order valence-corrected chi connectivity index (χ0v) is 17.9. The van der Waals surface area contributed by atoms with Crippen LogP contribution in [-0.4, -0.2) is 40.6 Å². The monoisotopic (exact) mass is 424 g/mol. The predicted octanol–water partition coefficient (Wildman–Crippen LogP) is 3.54. The molecule has 2 fully saturated rings. The number of nitrogens with one attached hydrogen (secondary N) is 1. The lowest BCUT2D eigenvalue weighted by molar-refractivity contribution is 0.102. The first kappa shape index (κ1) is 19.2. The lowest BCUT2D eigenvalue weighted by Crippen LogP contribution is -2.15. The number of pyridine rings is 1. The molecule has 30 heavy (non-hydrogen) atoms. The van der Waals surface area contributed by atoms with E-state index in [4.69, 9.17) is 4.98 Å². The van der Waals surface area contributed by atoms with Crippen molar-refractivity contribution in [2.75, 3.05) is 16.8 Å². The fraction of sp³-hybridized carbons (Fsp3) is 0.409. The highest BCUT2D eigenvalue weighted by atomic mass is 32.2. The largest absolute Gasteiger partial charge is 0.322 e. The molecule has 7 nitrogen and oxygen atoms in total. The van der Waals surface area contributed by atoms with E-state index in [1.807, 2.05) is 44.2 Å². The summed E-state index contributed by atoms with van der Waals surface area (Å²) in [4.78, 5) is 18.1. The number of amides is 1. The summed E-state index contributed by atoms with van der Waals surface area (Å²) in [5, 5.41) is 8.36. The van der Waals surface area contributed by atoms with Crippen LogP contribution in [0.25, 0.3) is 11.0 Å². The van der Waals surface area contributed by atoms with Crippen LogP contribution in [-0.2, 0) is 9.84 Å². The third-order valence-corrected chi connectivity index (χ3v) is 7.79. The number of carbonyl (C=O) groups excluding carboxylic acids is 1. The van der Waals surface area contributed by atoms with Crippen molar-refractivity contribution in [1.82, 2.24) is 14.8 Å². The summed E-state index contributed by atoms with van der Waals surface area (Å²) in [6, 6.07) is 9.32. The molecule has 2 aromatic heterocycles.